The van der Waals surface area contributed by atoms with Gasteiger partial charge in [0.1, 0.15) is 5.82 Å². The van der Waals surface area contributed by atoms with Gasteiger partial charge >= 0.3 is 6.03 Å². The molecule has 1 aromatic heterocycles. The number of aromatic nitrogens is 2. The number of nitrogens with zero attached hydrogens (tertiary/aromatic N) is 2. The Kier molecular flexibility index (Phi) is 4.57. The van der Waals surface area contributed by atoms with E-state index in [1.54, 1.807) is 16.9 Å². The third-order valence-electron chi connectivity index (χ3n) is 4.59. The second-order valence-electron chi connectivity index (χ2n) is 6.74. The zero-order chi connectivity index (χ0) is 17.2. The molecule has 1 unspecified atom stereocenters. The molecule has 6 heteroatoms. The number of carbonyl (C=O) groups excluding carboxylic acids is 1. The number of aliphatic hydroxyl groups is 1. The standard InChI is InChI=1S/C18H24N4O2/c1-13(2)22-15(8-11-20-22)21-17(24)19-12-18(9-10-18)16(23)14-6-4-3-5-7-14/h3-8,11,13,16,23H,9-10,12H2,1-2H3,(H2,19,21,24). The minimum absolute atomic E-state index is 0.171. The second-order valence-corrected chi connectivity index (χ2v) is 6.74. The van der Waals surface area contributed by atoms with E-state index in [0.29, 0.717) is 12.4 Å². The maximum atomic E-state index is 12.2. The molecule has 2 aromatic rings. The van der Waals surface area contributed by atoms with Crippen molar-refractivity contribution in [2.75, 3.05) is 11.9 Å². The summed E-state index contributed by atoms with van der Waals surface area (Å²) in [4.78, 5) is 12.2. The van der Waals surface area contributed by atoms with Gasteiger partial charge in [-0.1, -0.05) is 30.3 Å². The van der Waals surface area contributed by atoms with Gasteiger partial charge in [-0.2, -0.15) is 5.10 Å². The lowest BCUT2D eigenvalue weighted by molar-refractivity contribution is 0.0936. The molecule has 1 heterocycles. The van der Waals surface area contributed by atoms with Crippen molar-refractivity contribution >= 4 is 11.8 Å². The number of urea groups is 1. The summed E-state index contributed by atoms with van der Waals surface area (Å²) in [6.07, 6.45) is 2.93. The lowest BCUT2D eigenvalue weighted by Crippen LogP contribution is -2.36. The van der Waals surface area contributed by atoms with Gasteiger partial charge in [0.15, 0.2) is 0 Å². The molecule has 3 rings (SSSR count). The first kappa shape index (κ1) is 16.5. The van der Waals surface area contributed by atoms with E-state index in [9.17, 15) is 9.90 Å². The fourth-order valence-electron chi connectivity index (χ4n) is 2.94. The minimum atomic E-state index is -0.555. The molecule has 6 nitrogen and oxygen atoms in total. The molecule has 0 bridgehead atoms. The molecule has 1 aliphatic carbocycles. The van der Waals surface area contributed by atoms with Crippen LogP contribution in [-0.2, 0) is 0 Å². The van der Waals surface area contributed by atoms with Gasteiger partial charge in [-0.05, 0) is 32.3 Å². The van der Waals surface area contributed by atoms with Gasteiger partial charge in [-0.25, -0.2) is 9.48 Å². The van der Waals surface area contributed by atoms with E-state index in [4.69, 9.17) is 0 Å². The maximum Gasteiger partial charge on any atom is 0.320 e. The molecular weight excluding hydrogens is 304 g/mol. The van der Waals surface area contributed by atoms with E-state index in [2.05, 4.69) is 15.7 Å². The summed E-state index contributed by atoms with van der Waals surface area (Å²) in [7, 11) is 0. The molecule has 1 saturated carbocycles. The zero-order valence-electron chi connectivity index (χ0n) is 14.1. The van der Waals surface area contributed by atoms with Crippen molar-refractivity contribution in [3.8, 4) is 0 Å². The Hall–Kier alpha value is -2.34. The molecule has 24 heavy (non-hydrogen) atoms. The van der Waals surface area contributed by atoms with Gasteiger partial charge in [0.05, 0.1) is 12.3 Å². The van der Waals surface area contributed by atoms with Crippen molar-refractivity contribution in [1.29, 1.82) is 0 Å². The monoisotopic (exact) mass is 328 g/mol. The number of amides is 2. The van der Waals surface area contributed by atoms with Gasteiger partial charge in [0.25, 0.3) is 0 Å². The Balaban J connectivity index is 1.57. The van der Waals surface area contributed by atoms with Crippen LogP contribution in [0.2, 0.25) is 0 Å². The summed E-state index contributed by atoms with van der Waals surface area (Å²) >= 11 is 0. The first-order valence-corrected chi connectivity index (χ1v) is 8.33. The Bertz CT molecular complexity index is 692. The van der Waals surface area contributed by atoms with Crippen molar-refractivity contribution in [3.05, 3.63) is 48.2 Å². The summed E-state index contributed by atoms with van der Waals surface area (Å²) in [5.41, 5.74) is 0.645. The average Bonchev–Trinajstić information content (AvgIpc) is 3.24. The molecule has 1 fully saturated rings. The van der Waals surface area contributed by atoms with Crippen LogP contribution in [-0.4, -0.2) is 27.5 Å². The SMILES string of the molecule is CC(C)n1nccc1NC(=O)NCC1(C(O)c2ccccc2)CC1. The lowest BCUT2D eigenvalue weighted by Gasteiger charge is -2.23. The van der Waals surface area contributed by atoms with E-state index in [1.807, 2.05) is 44.2 Å². The topological polar surface area (TPSA) is 79.2 Å². The molecular formula is C18H24N4O2. The van der Waals surface area contributed by atoms with E-state index in [0.717, 1.165) is 18.4 Å². The molecule has 1 aliphatic rings. The third-order valence-corrected chi connectivity index (χ3v) is 4.59. The van der Waals surface area contributed by atoms with E-state index in [-0.39, 0.29) is 17.5 Å². The molecule has 1 atom stereocenters. The van der Waals surface area contributed by atoms with E-state index >= 15 is 0 Å². The smallest absolute Gasteiger partial charge is 0.320 e. The predicted octanol–water partition coefficient (Wildman–Crippen LogP) is 3.10. The molecule has 3 N–H and O–H groups in total. The highest BCUT2D eigenvalue weighted by atomic mass is 16.3. The molecule has 0 saturated heterocycles. The highest BCUT2D eigenvalue weighted by Crippen LogP contribution is 2.54. The number of benzene rings is 1. The second kappa shape index (κ2) is 6.65. The maximum absolute atomic E-state index is 12.2. The van der Waals surface area contributed by atoms with Crippen LogP contribution in [0.4, 0.5) is 10.6 Å². The molecule has 2 amide bonds. The van der Waals surface area contributed by atoms with E-state index in [1.165, 1.54) is 0 Å². The fraction of sp³-hybridized carbons (Fsp3) is 0.444. The van der Waals surface area contributed by atoms with Crippen LogP contribution in [0.3, 0.4) is 0 Å². The van der Waals surface area contributed by atoms with E-state index < -0.39 is 6.10 Å². The summed E-state index contributed by atoms with van der Waals surface area (Å²) < 4.78 is 1.76. The summed E-state index contributed by atoms with van der Waals surface area (Å²) in [5, 5.41) is 20.5. The highest BCUT2D eigenvalue weighted by Gasteiger charge is 2.49. The summed E-state index contributed by atoms with van der Waals surface area (Å²) in [6.45, 7) is 4.46. The normalized spacial score (nSPS) is 16.7. The number of hydrogen-bond acceptors (Lipinski definition) is 3. The van der Waals surface area contributed by atoms with Crippen molar-refractivity contribution in [2.45, 2.75) is 38.8 Å². The first-order valence-electron chi connectivity index (χ1n) is 8.33. The fourth-order valence-corrected chi connectivity index (χ4v) is 2.94. The molecule has 128 valence electrons. The van der Waals surface area contributed by atoms with Crippen molar-refractivity contribution in [2.24, 2.45) is 5.41 Å². The van der Waals surface area contributed by atoms with Crippen LogP contribution in [0.25, 0.3) is 0 Å². The number of rotatable bonds is 6. The van der Waals surface area contributed by atoms with Crippen LogP contribution in [0.15, 0.2) is 42.6 Å². The summed E-state index contributed by atoms with van der Waals surface area (Å²) in [6, 6.07) is 11.3. The van der Waals surface area contributed by atoms with Gasteiger partial charge in [0, 0.05) is 24.1 Å². The number of aliphatic hydroxyl groups excluding tert-OH is 1. The van der Waals surface area contributed by atoms with Crippen LogP contribution in [0.1, 0.15) is 44.4 Å². The Labute approximate surface area is 141 Å². The Morgan fingerprint density at radius 1 is 1.29 bits per heavy atom. The average molecular weight is 328 g/mol. The van der Waals surface area contributed by atoms with Crippen molar-refractivity contribution < 1.29 is 9.90 Å². The number of anilines is 1. The molecule has 1 aromatic carbocycles. The van der Waals surface area contributed by atoms with Crippen LogP contribution in [0.5, 0.6) is 0 Å². The summed E-state index contributed by atoms with van der Waals surface area (Å²) in [5.74, 6) is 0.663. The van der Waals surface area contributed by atoms with Gasteiger partial charge in [0.2, 0.25) is 0 Å². The Morgan fingerprint density at radius 3 is 2.62 bits per heavy atom. The van der Waals surface area contributed by atoms with Crippen LogP contribution >= 0.6 is 0 Å². The minimum Gasteiger partial charge on any atom is -0.388 e. The van der Waals surface area contributed by atoms with Crippen LogP contribution in [0, 0.1) is 5.41 Å². The number of nitrogens with one attached hydrogen (secondary N) is 2. The lowest BCUT2D eigenvalue weighted by atomic mass is 9.93. The highest BCUT2D eigenvalue weighted by molar-refractivity contribution is 5.88. The third kappa shape index (κ3) is 3.43. The Morgan fingerprint density at radius 2 is 2.00 bits per heavy atom. The number of carbonyl (C=O) groups is 1. The van der Waals surface area contributed by atoms with Gasteiger partial charge < -0.3 is 10.4 Å². The molecule has 0 aliphatic heterocycles. The van der Waals surface area contributed by atoms with Crippen molar-refractivity contribution in [3.63, 3.8) is 0 Å². The molecule has 0 spiro atoms. The zero-order valence-corrected chi connectivity index (χ0v) is 14.1. The predicted molar refractivity (Wildman–Crippen MR) is 92.7 cm³/mol. The van der Waals surface area contributed by atoms with Crippen LogP contribution < -0.4 is 10.6 Å². The first-order chi connectivity index (χ1) is 11.5. The molecule has 0 radical (unpaired) electrons. The van der Waals surface area contributed by atoms with Gasteiger partial charge in [-0.3, -0.25) is 5.32 Å². The van der Waals surface area contributed by atoms with Gasteiger partial charge in [-0.15, -0.1) is 0 Å². The number of hydrogen-bond donors (Lipinski definition) is 3. The largest absolute Gasteiger partial charge is 0.388 e. The van der Waals surface area contributed by atoms with Crippen molar-refractivity contribution in [1.82, 2.24) is 15.1 Å². The quantitative estimate of drug-likeness (QED) is 0.762.